The molecule has 3 heterocycles. The van der Waals surface area contributed by atoms with Crippen LogP contribution in [0.25, 0.3) is 11.0 Å². The summed E-state index contributed by atoms with van der Waals surface area (Å²) in [5.41, 5.74) is 3.95. The van der Waals surface area contributed by atoms with Crippen molar-refractivity contribution in [1.82, 2.24) is 14.9 Å². The SMILES string of the molecule is CC[C@@]1(CO)C[C@@H]2CC[C@H]1N2C(=O)c1ccc2nc(C)c(C)nc2c1. The van der Waals surface area contributed by atoms with E-state index in [2.05, 4.69) is 16.9 Å². The standard InChI is InChI=1S/C20H25N3O2/c1-4-20(11-24)10-15-6-8-18(20)23(15)19(25)14-5-7-16-17(9-14)22-13(3)12(2)21-16/h5,7,9,15,18,24H,4,6,8,10-11H2,1-3H3/t15-,18+,20-/m0/s1. The Morgan fingerprint density at radius 2 is 1.96 bits per heavy atom. The lowest BCUT2D eigenvalue weighted by molar-refractivity contribution is 0.0557. The Hall–Kier alpha value is -2.01. The number of benzene rings is 1. The Morgan fingerprint density at radius 1 is 1.24 bits per heavy atom. The van der Waals surface area contributed by atoms with Crippen LogP contribution in [0.5, 0.6) is 0 Å². The Labute approximate surface area is 148 Å². The summed E-state index contributed by atoms with van der Waals surface area (Å²) < 4.78 is 0. The highest BCUT2D eigenvalue weighted by atomic mass is 16.3. The first kappa shape index (κ1) is 16.5. The number of nitrogens with zero attached hydrogens (tertiary/aromatic N) is 3. The number of aryl methyl sites for hydroxylation is 2. The van der Waals surface area contributed by atoms with Crippen molar-refractivity contribution in [3.05, 3.63) is 35.2 Å². The van der Waals surface area contributed by atoms with Crippen LogP contribution in [0.2, 0.25) is 0 Å². The first-order valence-electron chi connectivity index (χ1n) is 9.17. The maximum absolute atomic E-state index is 13.2. The minimum Gasteiger partial charge on any atom is -0.396 e. The highest BCUT2D eigenvalue weighted by molar-refractivity contribution is 5.98. The molecule has 2 saturated heterocycles. The fraction of sp³-hybridized carbons (Fsp3) is 0.550. The van der Waals surface area contributed by atoms with Crippen LogP contribution in [-0.4, -0.2) is 44.6 Å². The van der Waals surface area contributed by atoms with Crippen LogP contribution in [0, 0.1) is 19.3 Å². The van der Waals surface area contributed by atoms with Crippen LogP contribution >= 0.6 is 0 Å². The van der Waals surface area contributed by atoms with Crippen molar-refractivity contribution in [3.63, 3.8) is 0 Å². The predicted molar refractivity (Wildman–Crippen MR) is 96.4 cm³/mol. The number of carbonyl (C=O) groups is 1. The summed E-state index contributed by atoms with van der Waals surface area (Å²) in [7, 11) is 0. The van der Waals surface area contributed by atoms with Crippen molar-refractivity contribution in [2.45, 2.75) is 58.5 Å². The summed E-state index contributed by atoms with van der Waals surface area (Å²) in [6, 6.07) is 6.02. The highest BCUT2D eigenvalue weighted by Gasteiger charge is 2.56. The molecule has 132 valence electrons. The predicted octanol–water partition coefficient (Wildman–Crippen LogP) is 3.01. The van der Waals surface area contributed by atoms with E-state index in [9.17, 15) is 9.90 Å². The van der Waals surface area contributed by atoms with Crippen LogP contribution in [0.15, 0.2) is 18.2 Å². The molecule has 5 nitrogen and oxygen atoms in total. The summed E-state index contributed by atoms with van der Waals surface area (Å²) >= 11 is 0. The zero-order valence-corrected chi connectivity index (χ0v) is 15.1. The van der Waals surface area contributed by atoms with Gasteiger partial charge in [-0.05, 0) is 57.7 Å². The Kier molecular flexibility index (Phi) is 3.80. The summed E-state index contributed by atoms with van der Waals surface area (Å²) in [5.74, 6) is 0.0678. The molecule has 0 spiro atoms. The van der Waals surface area contributed by atoms with Gasteiger partial charge in [-0.25, -0.2) is 9.97 Å². The fourth-order valence-electron chi connectivity index (χ4n) is 4.77. The lowest BCUT2D eigenvalue weighted by Gasteiger charge is -2.34. The van der Waals surface area contributed by atoms with Gasteiger partial charge in [-0.2, -0.15) is 0 Å². The van der Waals surface area contributed by atoms with E-state index in [0.29, 0.717) is 5.56 Å². The van der Waals surface area contributed by atoms with E-state index in [0.717, 1.165) is 48.1 Å². The molecule has 3 atom stereocenters. The number of hydrogen-bond acceptors (Lipinski definition) is 4. The first-order chi connectivity index (χ1) is 12.0. The molecule has 2 aliphatic rings. The van der Waals surface area contributed by atoms with Gasteiger partial charge in [0.05, 0.1) is 29.0 Å². The zero-order chi connectivity index (χ0) is 17.8. The molecule has 1 aromatic carbocycles. The van der Waals surface area contributed by atoms with Gasteiger partial charge in [0.25, 0.3) is 5.91 Å². The average Bonchev–Trinajstić information content (AvgIpc) is 3.17. The maximum atomic E-state index is 13.2. The number of hydrogen-bond donors (Lipinski definition) is 1. The van der Waals surface area contributed by atoms with Gasteiger partial charge >= 0.3 is 0 Å². The van der Waals surface area contributed by atoms with E-state index >= 15 is 0 Å². The van der Waals surface area contributed by atoms with Gasteiger partial charge in [0, 0.05) is 23.1 Å². The monoisotopic (exact) mass is 339 g/mol. The number of aromatic nitrogens is 2. The molecular weight excluding hydrogens is 314 g/mol. The molecule has 0 unspecified atom stereocenters. The Morgan fingerprint density at radius 3 is 2.60 bits per heavy atom. The van der Waals surface area contributed by atoms with Crippen LogP contribution in [0.4, 0.5) is 0 Å². The van der Waals surface area contributed by atoms with E-state index in [1.807, 2.05) is 36.9 Å². The quantitative estimate of drug-likeness (QED) is 0.933. The van der Waals surface area contributed by atoms with Crippen molar-refractivity contribution in [3.8, 4) is 0 Å². The number of aliphatic hydroxyl groups is 1. The molecule has 2 aromatic rings. The van der Waals surface area contributed by atoms with Gasteiger partial charge in [-0.1, -0.05) is 6.92 Å². The van der Waals surface area contributed by atoms with Gasteiger partial charge in [-0.15, -0.1) is 0 Å². The maximum Gasteiger partial charge on any atom is 0.254 e. The largest absolute Gasteiger partial charge is 0.396 e. The molecule has 2 aliphatic heterocycles. The number of carbonyl (C=O) groups excluding carboxylic acids is 1. The molecule has 0 radical (unpaired) electrons. The van der Waals surface area contributed by atoms with Crippen LogP contribution in [-0.2, 0) is 0 Å². The van der Waals surface area contributed by atoms with E-state index in [-0.39, 0.29) is 30.0 Å². The van der Waals surface area contributed by atoms with Crippen molar-refractivity contribution >= 4 is 16.9 Å². The van der Waals surface area contributed by atoms with Gasteiger partial charge in [-0.3, -0.25) is 4.79 Å². The Bertz CT molecular complexity index is 844. The van der Waals surface area contributed by atoms with Gasteiger partial charge in [0.1, 0.15) is 0 Å². The molecule has 2 bridgehead atoms. The lowest BCUT2D eigenvalue weighted by atomic mass is 9.72. The molecular formula is C20H25N3O2. The van der Waals surface area contributed by atoms with Gasteiger partial charge < -0.3 is 10.0 Å². The molecule has 1 aromatic heterocycles. The summed E-state index contributed by atoms with van der Waals surface area (Å²) in [5, 5.41) is 9.95. The second kappa shape index (κ2) is 5.77. The molecule has 4 rings (SSSR count). The molecule has 2 fully saturated rings. The van der Waals surface area contributed by atoms with Crippen molar-refractivity contribution in [2.75, 3.05) is 6.61 Å². The van der Waals surface area contributed by atoms with Crippen molar-refractivity contribution < 1.29 is 9.90 Å². The van der Waals surface area contributed by atoms with Crippen LogP contribution in [0.3, 0.4) is 0 Å². The van der Waals surface area contributed by atoms with E-state index < -0.39 is 0 Å². The lowest BCUT2D eigenvalue weighted by Crippen LogP contribution is -2.42. The minimum atomic E-state index is -0.122. The molecule has 1 N–H and O–H groups in total. The summed E-state index contributed by atoms with van der Waals surface area (Å²) in [6.07, 6.45) is 3.87. The topological polar surface area (TPSA) is 66.3 Å². The smallest absolute Gasteiger partial charge is 0.254 e. The number of aliphatic hydroxyl groups excluding tert-OH is 1. The third kappa shape index (κ3) is 2.36. The van der Waals surface area contributed by atoms with Gasteiger partial charge in [0.2, 0.25) is 0 Å². The van der Waals surface area contributed by atoms with Crippen LogP contribution in [0.1, 0.15) is 54.4 Å². The first-order valence-corrected chi connectivity index (χ1v) is 9.17. The second-order valence-electron chi connectivity index (χ2n) is 7.64. The Balaban J connectivity index is 1.70. The molecule has 0 saturated carbocycles. The molecule has 25 heavy (non-hydrogen) atoms. The fourth-order valence-corrected chi connectivity index (χ4v) is 4.77. The minimum absolute atomic E-state index is 0.0678. The average molecular weight is 339 g/mol. The van der Waals surface area contributed by atoms with E-state index in [1.54, 1.807) is 0 Å². The number of fused-ring (bicyclic) bond motifs is 3. The zero-order valence-electron chi connectivity index (χ0n) is 15.1. The summed E-state index contributed by atoms with van der Waals surface area (Å²) in [4.78, 5) is 24.4. The van der Waals surface area contributed by atoms with Gasteiger partial charge in [0.15, 0.2) is 0 Å². The molecule has 5 heteroatoms. The summed E-state index contributed by atoms with van der Waals surface area (Å²) in [6.45, 7) is 6.17. The molecule has 1 amide bonds. The van der Waals surface area contributed by atoms with E-state index in [4.69, 9.17) is 0 Å². The van der Waals surface area contributed by atoms with E-state index in [1.165, 1.54) is 0 Å². The number of amides is 1. The van der Waals surface area contributed by atoms with Crippen molar-refractivity contribution in [2.24, 2.45) is 5.41 Å². The van der Waals surface area contributed by atoms with Crippen molar-refractivity contribution in [1.29, 1.82) is 0 Å². The second-order valence-corrected chi connectivity index (χ2v) is 7.64. The van der Waals surface area contributed by atoms with Crippen LogP contribution < -0.4 is 0 Å². The third-order valence-corrected chi connectivity index (χ3v) is 6.43. The highest BCUT2D eigenvalue weighted by Crippen LogP contribution is 2.51. The third-order valence-electron chi connectivity index (χ3n) is 6.43. The molecule has 0 aliphatic carbocycles. The normalized spacial score (nSPS) is 28.1. The number of rotatable bonds is 3.